The highest BCUT2D eigenvalue weighted by Gasteiger charge is 2.13. The van der Waals surface area contributed by atoms with Gasteiger partial charge in [-0.15, -0.1) is 0 Å². The van der Waals surface area contributed by atoms with Crippen LogP contribution in [-0.4, -0.2) is 22.4 Å². The van der Waals surface area contributed by atoms with Crippen LogP contribution in [0.4, 0.5) is 0 Å². The van der Waals surface area contributed by atoms with E-state index in [4.69, 9.17) is 15.9 Å². The Hall–Kier alpha value is -1.65. The summed E-state index contributed by atoms with van der Waals surface area (Å²) in [6.07, 6.45) is 3.92. The zero-order valence-electron chi connectivity index (χ0n) is 9.95. The van der Waals surface area contributed by atoms with Crippen LogP contribution in [0, 0.1) is 10.8 Å². The molecular weight excluding hydrogens is 204 g/mol. The molecule has 0 aliphatic heterocycles. The van der Waals surface area contributed by atoms with Crippen molar-refractivity contribution in [1.29, 1.82) is 5.41 Å². The van der Waals surface area contributed by atoms with Gasteiger partial charge in [0.1, 0.15) is 5.84 Å². The molecule has 3 N–H and O–H groups in total. The van der Waals surface area contributed by atoms with Crippen molar-refractivity contribution in [2.75, 3.05) is 6.61 Å². The second-order valence-electron chi connectivity index (χ2n) is 4.78. The number of aromatic nitrogens is 2. The van der Waals surface area contributed by atoms with Crippen molar-refractivity contribution in [2.45, 2.75) is 27.2 Å². The average Bonchev–Trinajstić information content (AvgIpc) is 2.16. The zero-order valence-corrected chi connectivity index (χ0v) is 9.95. The number of nitrogens with one attached hydrogen (secondary N) is 1. The Morgan fingerprint density at radius 3 is 2.56 bits per heavy atom. The van der Waals surface area contributed by atoms with Gasteiger partial charge in [0.15, 0.2) is 5.69 Å². The Bertz CT molecular complexity index is 370. The molecule has 1 heterocycles. The summed E-state index contributed by atoms with van der Waals surface area (Å²) in [7, 11) is 0. The van der Waals surface area contributed by atoms with E-state index in [1.807, 2.05) is 0 Å². The second kappa shape index (κ2) is 4.92. The zero-order chi connectivity index (χ0) is 12.2. The first-order chi connectivity index (χ1) is 7.40. The Morgan fingerprint density at radius 1 is 1.38 bits per heavy atom. The summed E-state index contributed by atoms with van der Waals surface area (Å²) in [6, 6.07) is 0. The molecule has 0 amide bonds. The normalized spacial score (nSPS) is 11.2. The summed E-state index contributed by atoms with van der Waals surface area (Å²) in [5, 5.41) is 7.33. The predicted octanol–water partition coefficient (Wildman–Crippen LogP) is 1.58. The monoisotopic (exact) mass is 222 g/mol. The largest absolute Gasteiger partial charge is 0.476 e. The molecule has 0 saturated heterocycles. The van der Waals surface area contributed by atoms with E-state index in [2.05, 4.69) is 30.7 Å². The quantitative estimate of drug-likeness (QED) is 0.598. The molecule has 0 aliphatic carbocycles. The molecule has 0 aliphatic rings. The van der Waals surface area contributed by atoms with Crippen LogP contribution in [0.15, 0.2) is 12.4 Å². The van der Waals surface area contributed by atoms with Crippen LogP contribution in [0.3, 0.4) is 0 Å². The van der Waals surface area contributed by atoms with Crippen LogP contribution in [0.2, 0.25) is 0 Å². The third-order valence-corrected chi connectivity index (χ3v) is 2.01. The van der Waals surface area contributed by atoms with E-state index in [0.29, 0.717) is 18.2 Å². The Morgan fingerprint density at radius 2 is 2.00 bits per heavy atom. The first-order valence-corrected chi connectivity index (χ1v) is 5.18. The van der Waals surface area contributed by atoms with Gasteiger partial charge in [-0.2, -0.15) is 0 Å². The van der Waals surface area contributed by atoms with Crippen molar-refractivity contribution in [1.82, 2.24) is 9.97 Å². The van der Waals surface area contributed by atoms with Gasteiger partial charge in [-0.05, 0) is 11.8 Å². The van der Waals surface area contributed by atoms with Crippen LogP contribution in [0.1, 0.15) is 32.9 Å². The smallest absolute Gasteiger partial charge is 0.243 e. The van der Waals surface area contributed by atoms with Crippen molar-refractivity contribution >= 4 is 5.84 Å². The molecule has 1 aromatic rings. The molecule has 0 aromatic carbocycles. The molecule has 5 heteroatoms. The molecule has 0 bridgehead atoms. The molecule has 0 unspecified atom stereocenters. The first kappa shape index (κ1) is 12.4. The minimum atomic E-state index is -0.126. The number of nitrogens with two attached hydrogens (primary N) is 1. The highest BCUT2D eigenvalue weighted by molar-refractivity contribution is 5.94. The Labute approximate surface area is 95.6 Å². The molecule has 0 fully saturated rings. The van der Waals surface area contributed by atoms with Crippen LogP contribution in [0.5, 0.6) is 5.88 Å². The molecule has 88 valence electrons. The molecule has 0 saturated carbocycles. The maximum atomic E-state index is 7.33. The van der Waals surface area contributed by atoms with E-state index >= 15 is 0 Å². The van der Waals surface area contributed by atoms with E-state index < -0.39 is 0 Å². The van der Waals surface area contributed by atoms with Gasteiger partial charge < -0.3 is 10.5 Å². The Balaban J connectivity index is 2.64. The predicted molar refractivity (Wildman–Crippen MR) is 62.6 cm³/mol. The van der Waals surface area contributed by atoms with Crippen LogP contribution < -0.4 is 10.5 Å². The Kier molecular flexibility index (Phi) is 3.82. The average molecular weight is 222 g/mol. The molecule has 0 spiro atoms. The lowest BCUT2D eigenvalue weighted by Gasteiger charge is -2.18. The third kappa shape index (κ3) is 3.84. The standard InChI is InChI=1S/C11H18N4O/c1-11(2,3)4-7-16-10-8(9(12)13)14-5-6-15-10/h5-6H,4,7H2,1-3H3,(H3,12,13). The van der Waals surface area contributed by atoms with Crippen LogP contribution >= 0.6 is 0 Å². The highest BCUT2D eigenvalue weighted by Crippen LogP contribution is 2.19. The van der Waals surface area contributed by atoms with Crippen LogP contribution in [0.25, 0.3) is 0 Å². The molecule has 0 radical (unpaired) electrons. The van der Waals surface area contributed by atoms with E-state index in [0.717, 1.165) is 6.42 Å². The van der Waals surface area contributed by atoms with E-state index in [9.17, 15) is 0 Å². The summed E-state index contributed by atoms with van der Waals surface area (Å²) in [6.45, 7) is 6.96. The number of nitrogens with zero attached hydrogens (tertiary/aromatic N) is 2. The van der Waals surface area contributed by atoms with Crippen LogP contribution in [-0.2, 0) is 0 Å². The topological polar surface area (TPSA) is 84.9 Å². The SMILES string of the molecule is CC(C)(C)CCOc1nccnc1C(=N)N. The van der Waals surface area contributed by atoms with Crippen molar-refractivity contribution < 1.29 is 4.74 Å². The van der Waals surface area contributed by atoms with Crippen molar-refractivity contribution in [3.05, 3.63) is 18.1 Å². The number of rotatable bonds is 4. The van der Waals surface area contributed by atoms with Gasteiger partial charge in [-0.25, -0.2) is 9.97 Å². The minimum Gasteiger partial charge on any atom is -0.476 e. The highest BCUT2D eigenvalue weighted by atomic mass is 16.5. The number of hydrogen-bond donors (Lipinski definition) is 2. The summed E-state index contributed by atoms with van der Waals surface area (Å²) in [5.41, 5.74) is 5.88. The van der Waals surface area contributed by atoms with Gasteiger partial charge in [0.25, 0.3) is 0 Å². The molecule has 1 aromatic heterocycles. The maximum Gasteiger partial charge on any atom is 0.243 e. The van der Waals surface area contributed by atoms with Gasteiger partial charge in [0.2, 0.25) is 5.88 Å². The van der Waals surface area contributed by atoms with E-state index in [1.54, 1.807) is 0 Å². The third-order valence-electron chi connectivity index (χ3n) is 2.01. The molecule has 16 heavy (non-hydrogen) atoms. The number of ether oxygens (including phenoxy) is 1. The van der Waals surface area contributed by atoms with E-state index in [-0.39, 0.29) is 11.3 Å². The maximum absolute atomic E-state index is 7.33. The van der Waals surface area contributed by atoms with Gasteiger partial charge in [0.05, 0.1) is 6.61 Å². The fraction of sp³-hybridized carbons (Fsp3) is 0.545. The van der Waals surface area contributed by atoms with E-state index in [1.165, 1.54) is 12.4 Å². The second-order valence-corrected chi connectivity index (χ2v) is 4.78. The minimum absolute atomic E-state index is 0.126. The molecule has 0 atom stereocenters. The van der Waals surface area contributed by atoms with Gasteiger partial charge in [0, 0.05) is 12.4 Å². The fourth-order valence-electron chi connectivity index (χ4n) is 1.07. The summed E-state index contributed by atoms with van der Waals surface area (Å²) in [5.74, 6) is 0.207. The van der Waals surface area contributed by atoms with Gasteiger partial charge >= 0.3 is 0 Å². The first-order valence-electron chi connectivity index (χ1n) is 5.18. The lowest BCUT2D eigenvalue weighted by molar-refractivity contribution is 0.235. The summed E-state index contributed by atoms with van der Waals surface area (Å²) >= 11 is 0. The fourth-order valence-corrected chi connectivity index (χ4v) is 1.07. The summed E-state index contributed by atoms with van der Waals surface area (Å²) in [4.78, 5) is 7.97. The van der Waals surface area contributed by atoms with Gasteiger partial charge in [-0.1, -0.05) is 20.8 Å². The number of nitrogen functional groups attached to an aromatic ring is 1. The lowest BCUT2D eigenvalue weighted by atomic mass is 9.93. The van der Waals surface area contributed by atoms with Crippen molar-refractivity contribution in [2.24, 2.45) is 11.1 Å². The molecular formula is C11H18N4O. The summed E-state index contributed by atoms with van der Waals surface area (Å²) < 4.78 is 5.48. The number of hydrogen-bond acceptors (Lipinski definition) is 4. The van der Waals surface area contributed by atoms with Crippen molar-refractivity contribution in [3.63, 3.8) is 0 Å². The molecule has 1 rings (SSSR count). The van der Waals surface area contributed by atoms with Gasteiger partial charge in [-0.3, -0.25) is 5.41 Å². The molecule has 5 nitrogen and oxygen atoms in total. The lowest BCUT2D eigenvalue weighted by Crippen LogP contribution is -2.17. The number of amidine groups is 1. The van der Waals surface area contributed by atoms with Crippen molar-refractivity contribution in [3.8, 4) is 5.88 Å².